The number of carbonyl (C=O) groups is 1. The number of nitrogens with zero attached hydrogens (tertiary/aromatic N) is 2. The lowest BCUT2D eigenvalue weighted by molar-refractivity contribution is -0.132. The van der Waals surface area contributed by atoms with Crippen molar-refractivity contribution in [3.05, 3.63) is 35.9 Å². The summed E-state index contributed by atoms with van der Waals surface area (Å²) in [5.41, 5.74) is 1.20. The Kier molecular flexibility index (Phi) is 5.63. The molecule has 25 heavy (non-hydrogen) atoms. The van der Waals surface area contributed by atoms with E-state index in [1.807, 2.05) is 34.9 Å². The van der Waals surface area contributed by atoms with Crippen molar-refractivity contribution in [1.29, 1.82) is 0 Å². The molecular weight excluding hydrogens is 332 g/mol. The van der Waals surface area contributed by atoms with Crippen molar-refractivity contribution in [1.82, 2.24) is 9.80 Å². The highest BCUT2D eigenvalue weighted by molar-refractivity contribution is 7.99. The monoisotopic (exact) mass is 360 g/mol. The van der Waals surface area contributed by atoms with Gasteiger partial charge in [0.05, 0.1) is 12.6 Å². The predicted molar refractivity (Wildman–Crippen MR) is 102 cm³/mol. The molecule has 0 aromatic heterocycles. The molecule has 5 heteroatoms. The molecule has 0 bridgehead atoms. The Bertz CT molecular complexity index is 572. The molecule has 3 fully saturated rings. The summed E-state index contributed by atoms with van der Waals surface area (Å²) in [5, 5.41) is 0. The van der Waals surface area contributed by atoms with Gasteiger partial charge in [-0.05, 0) is 36.5 Å². The summed E-state index contributed by atoms with van der Waals surface area (Å²) in [6, 6.07) is 10.8. The molecule has 1 aromatic carbocycles. The van der Waals surface area contributed by atoms with E-state index in [0.717, 1.165) is 31.4 Å². The van der Waals surface area contributed by atoms with Crippen molar-refractivity contribution in [3.8, 4) is 0 Å². The van der Waals surface area contributed by atoms with Gasteiger partial charge in [-0.2, -0.15) is 11.8 Å². The SMILES string of the molecule is O=C1CN([C@@H]2CCSC2)C[C@H](OCC2CC2)CN1Cc1ccccc1. The zero-order valence-corrected chi connectivity index (χ0v) is 15.6. The van der Waals surface area contributed by atoms with Crippen LogP contribution >= 0.6 is 11.8 Å². The lowest BCUT2D eigenvalue weighted by atomic mass is 10.2. The highest BCUT2D eigenvalue weighted by atomic mass is 32.2. The summed E-state index contributed by atoms with van der Waals surface area (Å²) in [7, 11) is 0. The number of benzene rings is 1. The van der Waals surface area contributed by atoms with Gasteiger partial charge in [0, 0.05) is 38.0 Å². The van der Waals surface area contributed by atoms with Crippen LogP contribution in [0.5, 0.6) is 0 Å². The van der Waals surface area contributed by atoms with Crippen LogP contribution in [0.2, 0.25) is 0 Å². The maximum atomic E-state index is 12.9. The number of ether oxygens (including phenoxy) is 1. The summed E-state index contributed by atoms with van der Waals surface area (Å²) in [4.78, 5) is 17.3. The van der Waals surface area contributed by atoms with Crippen LogP contribution in [-0.4, -0.2) is 65.6 Å². The van der Waals surface area contributed by atoms with E-state index in [2.05, 4.69) is 17.0 Å². The zero-order valence-electron chi connectivity index (χ0n) is 14.8. The summed E-state index contributed by atoms with van der Waals surface area (Å²) in [6.07, 6.45) is 3.96. The average molecular weight is 361 g/mol. The number of hydrogen-bond acceptors (Lipinski definition) is 4. The molecule has 136 valence electrons. The maximum absolute atomic E-state index is 12.9. The second kappa shape index (κ2) is 8.11. The fraction of sp³-hybridized carbons (Fsp3) is 0.650. The molecule has 0 radical (unpaired) electrons. The van der Waals surface area contributed by atoms with Crippen molar-refractivity contribution in [2.75, 3.05) is 37.7 Å². The Balaban J connectivity index is 1.45. The van der Waals surface area contributed by atoms with E-state index in [1.54, 1.807) is 0 Å². The molecule has 1 aliphatic carbocycles. The molecule has 2 aliphatic heterocycles. The summed E-state index contributed by atoms with van der Waals surface area (Å²) in [5.74, 6) is 3.38. The molecule has 4 rings (SSSR count). The second-order valence-electron chi connectivity index (χ2n) is 7.61. The van der Waals surface area contributed by atoms with Crippen LogP contribution in [0.4, 0.5) is 0 Å². The lowest BCUT2D eigenvalue weighted by Crippen LogP contribution is -2.42. The minimum Gasteiger partial charge on any atom is -0.375 e. The first kappa shape index (κ1) is 17.4. The van der Waals surface area contributed by atoms with Crippen molar-refractivity contribution in [3.63, 3.8) is 0 Å². The third-order valence-corrected chi connectivity index (χ3v) is 6.60. The first-order valence-corrected chi connectivity index (χ1v) is 10.7. The second-order valence-corrected chi connectivity index (χ2v) is 8.76. The molecule has 2 saturated heterocycles. The third kappa shape index (κ3) is 4.78. The van der Waals surface area contributed by atoms with Crippen molar-refractivity contribution < 1.29 is 9.53 Å². The van der Waals surface area contributed by atoms with Crippen LogP contribution in [-0.2, 0) is 16.1 Å². The number of thioether (sulfide) groups is 1. The molecule has 2 atom stereocenters. The van der Waals surface area contributed by atoms with Gasteiger partial charge in [-0.3, -0.25) is 9.69 Å². The van der Waals surface area contributed by atoms with E-state index in [-0.39, 0.29) is 12.0 Å². The van der Waals surface area contributed by atoms with Crippen LogP contribution in [0.3, 0.4) is 0 Å². The molecule has 1 amide bonds. The number of rotatable bonds is 6. The van der Waals surface area contributed by atoms with Crippen molar-refractivity contribution in [2.24, 2.45) is 5.92 Å². The van der Waals surface area contributed by atoms with Crippen LogP contribution in [0.25, 0.3) is 0 Å². The highest BCUT2D eigenvalue weighted by Gasteiger charge is 2.34. The van der Waals surface area contributed by atoms with Gasteiger partial charge >= 0.3 is 0 Å². The normalized spacial score (nSPS) is 28.3. The van der Waals surface area contributed by atoms with Gasteiger partial charge < -0.3 is 9.64 Å². The molecule has 0 N–H and O–H groups in total. The molecule has 0 unspecified atom stereocenters. The predicted octanol–water partition coefficient (Wildman–Crippen LogP) is 2.63. The van der Waals surface area contributed by atoms with E-state index >= 15 is 0 Å². The quantitative estimate of drug-likeness (QED) is 0.781. The van der Waals surface area contributed by atoms with Crippen molar-refractivity contribution >= 4 is 17.7 Å². The van der Waals surface area contributed by atoms with Gasteiger partial charge in [-0.1, -0.05) is 30.3 Å². The first-order valence-electron chi connectivity index (χ1n) is 9.53. The standard InChI is InChI=1S/C20H28N2O2S/c23-20-13-21(18-8-9-25-15-18)11-19(24-14-17-6-7-17)12-22(20)10-16-4-2-1-3-5-16/h1-5,17-19H,6-15H2/t18-,19+/m1/s1. The van der Waals surface area contributed by atoms with Gasteiger partial charge in [0.15, 0.2) is 0 Å². The number of amides is 1. The Labute approximate surface area is 154 Å². The van der Waals surface area contributed by atoms with Crippen LogP contribution in [0.15, 0.2) is 30.3 Å². The Hall–Kier alpha value is -1.04. The minimum atomic E-state index is 0.140. The Morgan fingerprint density at radius 3 is 2.68 bits per heavy atom. The van der Waals surface area contributed by atoms with Gasteiger partial charge in [0.2, 0.25) is 5.91 Å². The van der Waals surface area contributed by atoms with Crippen LogP contribution < -0.4 is 0 Å². The average Bonchev–Trinajstić information content (AvgIpc) is 3.33. The summed E-state index contributed by atoms with van der Waals surface area (Å²) >= 11 is 2.01. The Morgan fingerprint density at radius 2 is 1.96 bits per heavy atom. The third-order valence-electron chi connectivity index (χ3n) is 5.46. The van der Waals surface area contributed by atoms with Gasteiger partial charge in [-0.15, -0.1) is 0 Å². The lowest BCUT2D eigenvalue weighted by Gasteiger charge is -2.28. The molecule has 3 aliphatic rings. The van der Waals surface area contributed by atoms with E-state index in [0.29, 0.717) is 19.1 Å². The van der Waals surface area contributed by atoms with Crippen LogP contribution in [0, 0.1) is 5.92 Å². The molecule has 2 heterocycles. The summed E-state index contributed by atoms with van der Waals surface area (Å²) < 4.78 is 6.25. The van der Waals surface area contributed by atoms with Gasteiger partial charge in [0.25, 0.3) is 0 Å². The molecular formula is C20H28N2O2S. The van der Waals surface area contributed by atoms with E-state index < -0.39 is 0 Å². The highest BCUT2D eigenvalue weighted by Crippen LogP contribution is 2.30. The van der Waals surface area contributed by atoms with Crippen molar-refractivity contribution in [2.45, 2.75) is 38.0 Å². The maximum Gasteiger partial charge on any atom is 0.237 e. The smallest absolute Gasteiger partial charge is 0.237 e. The molecule has 1 saturated carbocycles. The van der Waals surface area contributed by atoms with Crippen LogP contribution in [0.1, 0.15) is 24.8 Å². The topological polar surface area (TPSA) is 32.8 Å². The van der Waals surface area contributed by atoms with Gasteiger partial charge in [0.1, 0.15) is 0 Å². The largest absolute Gasteiger partial charge is 0.375 e. The van der Waals surface area contributed by atoms with E-state index in [1.165, 1.54) is 30.6 Å². The first-order chi connectivity index (χ1) is 12.3. The summed E-state index contributed by atoms with van der Waals surface area (Å²) in [6.45, 7) is 3.72. The number of hydrogen-bond donors (Lipinski definition) is 0. The van der Waals surface area contributed by atoms with E-state index in [4.69, 9.17) is 4.74 Å². The Morgan fingerprint density at radius 1 is 1.12 bits per heavy atom. The van der Waals surface area contributed by atoms with E-state index in [9.17, 15) is 4.79 Å². The fourth-order valence-corrected chi connectivity index (χ4v) is 4.97. The fourth-order valence-electron chi connectivity index (χ4n) is 3.71. The molecule has 4 nitrogen and oxygen atoms in total. The molecule has 1 aromatic rings. The minimum absolute atomic E-state index is 0.140. The van der Waals surface area contributed by atoms with Gasteiger partial charge in [-0.25, -0.2) is 0 Å². The number of carbonyl (C=O) groups excluding carboxylic acids is 1. The zero-order chi connectivity index (χ0) is 17.1. The molecule has 0 spiro atoms.